The fourth-order valence-corrected chi connectivity index (χ4v) is 2.67. The van der Waals surface area contributed by atoms with Gasteiger partial charge in [-0.15, -0.1) is 11.3 Å². The van der Waals surface area contributed by atoms with Crippen LogP contribution in [0.3, 0.4) is 0 Å². The van der Waals surface area contributed by atoms with Crippen LogP contribution in [0.25, 0.3) is 0 Å². The molecule has 1 aromatic heterocycles. The largest absolute Gasteiger partial charge is 0.456 e. The molecule has 0 radical (unpaired) electrons. The normalized spacial score (nSPS) is 16.1. The van der Waals surface area contributed by atoms with Gasteiger partial charge < -0.3 is 4.74 Å². The van der Waals surface area contributed by atoms with Crippen LogP contribution in [0.2, 0.25) is 0 Å². The van der Waals surface area contributed by atoms with Gasteiger partial charge in [-0.1, -0.05) is 0 Å². The van der Waals surface area contributed by atoms with E-state index in [1.54, 1.807) is 32.2 Å². The molecule has 0 bridgehead atoms. The highest BCUT2D eigenvalue weighted by Gasteiger charge is 2.33. The SMILES string of the molecule is CC(C)(C)OC(=O)c1ccsc1N1CC(=O)CC1=O. The standard InChI is InChI=1S/C13H15NO4S/c1-13(2,3)18-12(17)9-4-5-19-11(9)14-7-8(15)6-10(14)16/h4-5H,6-7H2,1-3H3. The first-order chi connectivity index (χ1) is 8.78. The number of hydrogen-bond acceptors (Lipinski definition) is 5. The van der Waals surface area contributed by atoms with E-state index >= 15 is 0 Å². The maximum absolute atomic E-state index is 12.0. The summed E-state index contributed by atoms with van der Waals surface area (Å²) in [5.41, 5.74) is -0.260. The Morgan fingerprint density at radius 1 is 1.37 bits per heavy atom. The lowest BCUT2D eigenvalue weighted by Crippen LogP contribution is -2.28. The molecule has 1 aromatic rings. The Morgan fingerprint density at radius 3 is 2.58 bits per heavy atom. The molecule has 1 amide bonds. The van der Waals surface area contributed by atoms with Crippen LogP contribution in [0, 0.1) is 0 Å². The van der Waals surface area contributed by atoms with E-state index in [1.807, 2.05) is 0 Å². The molecule has 0 aliphatic carbocycles. The lowest BCUT2D eigenvalue weighted by Gasteiger charge is -2.21. The molecule has 2 rings (SSSR count). The van der Waals surface area contributed by atoms with E-state index in [4.69, 9.17) is 4.74 Å². The van der Waals surface area contributed by atoms with Crippen molar-refractivity contribution < 1.29 is 19.1 Å². The summed E-state index contributed by atoms with van der Waals surface area (Å²) in [4.78, 5) is 36.4. The first-order valence-electron chi connectivity index (χ1n) is 5.91. The second-order valence-corrected chi connectivity index (χ2v) is 6.23. The zero-order chi connectivity index (χ0) is 14.2. The van der Waals surface area contributed by atoms with Gasteiger partial charge >= 0.3 is 5.97 Å². The summed E-state index contributed by atoms with van der Waals surface area (Å²) in [6.07, 6.45) is -0.0916. The summed E-state index contributed by atoms with van der Waals surface area (Å²) in [6.45, 7) is 5.37. The second-order valence-electron chi connectivity index (χ2n) is 5.34. The average molecular weight is 281 g/mol. The molecule has 6 heteroatoms. The van der Waals surface area contributed by atoms with Crippen LogP contribution in [0.15, 0.2) is 11.4 Å². The summed E-state index contributed by atoms with van der Waals surface area (Å²) in [5.74, 6) is -0.873. The molecule has 2 heterocycles. The van der Waals surface area contributed by atoms with Gasteiger partial charge in [-0.3, -0.25) is 14.5 Å². The molecule has 1 aliphatic rings. The highest BCUT2D eigenvalue weighted by Crippen LogP contribution is 2.31. The van der Waals surface area contributed by atoms with Gasteiger partial charge in [0, 0.05) is 0 Å². The molecule has 0 unspecified atom stereocenters. The van der Waals surface area contributed by atoms with E-state index in [0.29, 0.717) is 10.6 Å². The Hall–Kier alpha value is -1.69. The number of thiophene rings is 1. The molecule has 19 heavy (non-hydrogen) atoms. The Labute approximate surface area is 115 Å². The smallest absolute Gasteiger partial charge is 0.341 e. The van der Waals surface area contributed by atoms with Gasteiger partial charge in [-0.05, 0) is 32.2 Å². The van der Waals surface area contributed by atoms with E-state index < -0.39 is 11.6 Å². The minimum atomic E-state index is -0.596. The predicted octanol–water partition coefficient (Wildman–Crippen LogP) is 2.01. The number of hydrogen-bond donors (Lipinski definition) is 0. The van der Waals surface area contributed by atoms with Crippen molar-refractivity contribution in [1.82, 2.24) is 0 Å². The molecule has 102 valence electrons. The topological polar surface area (TPSA) is 63.7 Å². The zero-order valence-corrected chi connectivity index (χ0v) is 11.9. The van der Waals surface area contributed by atoms with Crippen molar-refractivity contribution in [3.05, 3.63) is 17.0 Å². The van der Waals surface area contributed by atoms with Crippen molar-refractivity contribution in [3.8, 4) is 0 Å². The zero-order valence-electron chi connectivity index (χ0n) is 11.1. The number of ketones is 1. The molecule has 0 aromatic carbocycles. The molecule has 5 nitrogen and oxygen atoms in total. The predicted molar refractivity (Wildman–Crippen MR) is 71.5 cm³/mol. The quantitative estimate of drug-likeness (QED) is 0.614. The Balaban J connectivity index is 2.25. The van der Waals surface area contributed by atoms with E-state index in [0.717, 1.165) is 0 Å². The van der Waals surface area contributed by atoms with Gasteiger partial charge in [0.2, 0.25) is 5.91 Å². The summed E-state index contributed by atoms with van der Waals surface area (Å²) in [6, 6.07) is 1.62. The molecule has 1 aliphatic heterocycles. The third-order valence-corrected chi connectivity index (χ3v) is 3.43. The Morgan fingerprint density at radius 2 is 2.05 bits per heavy atom. The number of amides is 1. The molecule has 0 N–H and O–H groups in total. The minimum Gasteiger partial charge on any atom is -0.456 e. The number of carbonyl (C=O) groups is 3. The first-order valence-corrected chi connectivity index (χ1v) is 6.79. The van der Waals surface area contributed by atoms with Crippen LogP contribution in [-0.4, -0.2) is 29.8 Å². The van der Waals surface area contributed by atoms with Gasteiger partial charge in [0.15, 0.2) is 5.78 Å². The van der Waals surface area contributed by atoms with Crippen molar-refractivity contribution in [2.75, 3.05) is 11.4 Å². The molecule has 0 spiro atoms. The van der Waals surface area contributed by atoms with Crippen LogP contribution < -0.4 is 4.90 Å². The van der Waals surface area contributed by atoms with Crippen molar-refractivity contribution in [1.29, 1.82) is 0 Å². The Kier molecular flexibility index (Phi) is 3.45. The fourth-order valence-electron chi connectivity index (χ4n) is 1.77. The molecular formula is C13H15NO4S. The van der Waals surface area contributed by atoms with Gasteiger partial charge in [0.25, 0.3) is 0 Å². The van der Waals surface area contributed by atoms with E-state index in [-0.39, 0.29) is 24.7 Å². The molecule has 0 atom stereocenters. The lowest BCUT2D eigenvalue weighted by atomic mass is 10.2. The third-order valence-electron chi connectivity index (χ3n) is 2.49. The average Bonchev–Trinajstić information content (AvgIpc) is 2.81. The number of carbonyl (C=O) groups excluding carboxylic acids is 3. The van der Waals surface area contributed by atoms with E-state index in [1.165, 1.54) is 16.2 Å². The monoisotopic (exact) mass is 281 g/mol. The van der Waals surface area contributed by atoms with Crippen molar-refractivity contribution in [3.63, 3.8) is 0 Å². The minimum absolute atomic E-state index is 0.0368. The lowest BCUT2D eigenvalue weighted by molar-refractivity contribution is -0.121. The maximum Gasteiger partial charge on any atom is 0.341 e. The summed E-state index contributed by atoms with van der Waals surface area (Å²) < 4.78 is 5.29. The number of nitrogens with zero attached hydrogens (tertiary/aromatic N) is 1. The van der Waals surface area contributed by atoms with Crippen LogP contribution >= 0.6 is 11.3 Å². The van der Waals surface area contributed by atoms with Crippen LogP contribution in [-0.2, 0) is 14.3 Å². The number of ether oxygens (including phenoxy) is 1. The molecular weight excluding hydrogens is 266 g/mol. The van der Waals surface area contributed by atoms with Gasteiger partial charge in [-0.2, -0.15) is 0 Å². The van der Waals surface area contributed by atoms with Gasteiger partial charge in [0.05, 0.1) is 18.5 Å². The number of rotatable bonds is 2. The summed E-state index contributed by atoms with van der Waals surface area (Å²) in [7, 11) is 0. The molecule has 0 saturated carbocycles. The number of Topliss-reactive ketones (excluding diaryl/α,β-unsaturated/α-hetero) is 1. The van der Waals surface area contributed by atoms with E-state index in [9.17, 15) is 14.4 Å². The van der Waals surface area contributed by atoms with Crippen LogP contribution in [0.1, 0.15) is 37.6 Å². The molecule has 1 saturated heterocycles. The summed E-state index contributed by atoms with van der Waals surface area (Å²) in [5, 5.41) is 2.20. The van der Waals surface area contributed by atoms with Crippen molar-refractivity contribution >= 4 is 34.0 Å². The Bertz CT molecular complexity index is 541. The van der Waals surface area contributed by atoms with Gasteiger partial charge in [-0.25, -0.2) is 4.79 Å². The maximum atomic E-state index is 12.0. The third kappa shape index (κ3) is 3.01. The first kappa shape index (κ1) is 13.7. The highest BCUT2D eigenvalue weighted by molar-refractivity contribution is 7.14. The molecule has 1 fully saturated rings. The van der Waals surface area contributed by atoms with E-state index in [2.05, 4.69) is 0 Å². The summed E-state index contributed by atoms with van der Waals surface area (Å²) >= 11 is 1.26. The second kappa shape index (κ2) is 4.77. The van der Waals surface area contributed by atoms with Crippen molar-refractivity contribution in [2.45, 2.75) is 32.8 Å². The number of esters is 1. The van der Waals surface area contributed by atoms with Gasteiger partial charge in [0.1, 0.15) is 10.6 Å². The van der Waals surface area contributed by atoms with Crippen LogP contribution in [0.4, 0.5) is 5.00 Å². The van der Waals surface area contributed by atoms with Crippen molar-refractivity contribution in [2.24, 2.45) is 0 Å². The highest BCUT2D eigenvalue weighted by atomic mass is 32.1. The fraction of sp³-hybridized carbons (Fsp3) is 0.462. The number of anilines is 1. The van der Waals surface area contributed by atoms with Crippen LogP contribution in [0.5, 0.6) is 0 Å².